The number of hydrogen-bond donors (Lipinski definition) is 1. The van der Waals surface area contributed by atoms with Crippen molar-refractivity contribution in [2.24, 2.45) is 0 Å². The number of carbonyl (C=O) groups excluding carboxylic acids is 1. The molecule has 1 heterocycles. The standard InChI is InChI=1S/C14H19BrN2OS/c1-3-10-9-17(7-6-16(10)2)14(18)12-8-11(19)4-5-13(12)15/h4-5,8,10,19H,3,6-7,9H2,1-2H3. The van der Waals surface area contributed by atoms with Gasteiger partial charge in [0.15, 0.2) is 0 Å². The Morgan fingerprint density at radius 3 is 2.89 bits per heavy atom. The average Bonchev–Trinajstić information content (AvgIpc) is 2.41. The van der Waals surface area contributed by atoms with Crippen molar-refractivity contribution in [3.05, 3.63) is 28.2 Å². The first kappa shape index (κ1) is 14.9. The Bertz CT molecular complexity index is 481. The first-order chi connectivity index (χ1) is 9.02. The van der Waals surface area contributed by atoms with Crippen molar-refractivity contribution < 1.29 is 4.79 Å². The van der Waals surface area contributed by atoms with Crippen LogP contribution in [-0.4, -0.2) is 48.4 Å². The van der Waals surface area contributed by atoms with Gasteiger partial charge < -0.3 is 4.90 Å². The summed E-state index contributed by atoms with van der Waals surface area (Å²) in [5.41, 5.74) is 0.701. The molecular formula is C14H19BrN2OS. The van der Waals surface area contributed by atoms with E-state index in [1.807, 2.05) is 23.1 Å². The first-order valence-electron chi connectivity index (χ1n) is 6.51. The van der Waals surface area contributed by atoms with Crippen LogP contribution in [0.15, 0.2) is 27.6 Å². The van der Waals surface area contributed by atoms with Crippen LogP contribution in [0.5, 0.6) is 0 Å². The van der Waals surface area contributed by atoms with E-state index in [1.54, 1.807) is 0 Å². The Morgan fingerprint density at radius 2 is 2.21 bits per heavy atom. The third-order valence-electron chi connectivity index (χ3n) is 3.72. The molecule has 5 heteroatoms. The van der Waals surface area contributed by atoms with Crippen LogP contribution in [0.4, 0.5) is 0 Å². The fourth-order valence-electron chi connectivity index (χ4n) is 2.42. The molecule has 0 N–H and O–H groups in total. The molecule has 3 nitrogen and oxygen atoms in total. The van der Waals surface area contributed by atoms with Crippen molar-refractivity contribution in [3.63, 3.8) is 0 Å². The number of nitrogens with zero attached hydrogens (tertiary/aromatic N) is 2. The van der Waals surface area contributed by atoms with E-state index in [4.69, 9.17) is 0 Å². The lowest BCUT2D eigenvalue weighted by molar-refractivity contribution is 0.0541. The quantitative estimate of drug-likeness (QED) is 0.835. The summed E-state index contributed by atoms with van der Waals surface area (Å²) in [6, 6.07) is 6.04. The van der Waals surface area contributed by atoms with E-state index in [9.17, 15) is 4.79 Å². The van der Waals surface area contributed by atoms with Crippen LogP contribution in [0, 0.1) is 0 Å². The van der Waals surface area contributed by atoms with Crippen LogP contribution in [0.25, 0.3) is 0 Å². The summed E-state index contributed by atoms with van der Waals surface area (Å²) in [4.78, 5) is 17.7. The zero-order valence-corrected chi connectivity index (χ0v) is 13.7. The third-order valence-corrected chi connectivity index (χ3v) is 4.69. The molecule has 2 rings (SSSR count). The van der Waals surface area contributed by atoms with Crippen LogP contribution in [0.2, 0.25) is 0 Å². The monoisotopic (exact) mass is 342 g/mol. The largest absolute Gasteiger partial charge is 0.336 e. The summed E-state index contributed by atoms with van der Waals surface area (Å²) in [5.74, 6) is 0.0920. The van der Waals surface area contributed by atoms with E-state index in [0.29, 0.717) is 11.6 Å². The lowest BCUT2D eigenvalue weighted by atomic mass is 10.1. The normalized spacial score (nSPS) is 20.6. The second kappa shape index (κ2) is 6.29. The van der Waals surface area contributed by atoms with Crippen molar-refractivity contribution in [1.29, 1.82) is 0 Å². The summed E-state index contributed by atoms with van der Waals surface area (Å²) >= 11 is 7.76. The van der Waals surface area contributed by atoms with E-state index >= 15 is 0 Å². The Kier molecular flexibility index (Phi) is 4.92. The van der Waals surface area contributed by atoms with E-state index in [0.717, 1.165) is 35.4 Å². The minimum absolute atomic E-state index is 0.0920. The third kappa shape index (κ3) is 3.33. The van der Waals surface area contributed by atoms with Crippen molar-refractivity contribution in [2.75, 3.05) is 26.7 Å². The highest BCUT2D eigenvalue weighted by atomic mass is 79.9. The molecule has 1 saturated heterocycles. The first-order valence-corrected chi connectivity index (χ1v) is 7.75. The van der Waals surface area contributed by atoms with Gasteiger partial charge in [0, 0.05) is 35.0 Å². The zero-order chi connectivity index (χ0) is 14.0. The number of carbonyl (C=O) groups is 1. The number of thiol groups is 1. The van der Waals surface area contributed by atoms with Gasteiger partial charge >= 0.3 is 0 Å². The second-order valence-corrected chi connectivity index (χ2v) is 6.33. The average molecular weight is 343 g/mol. The summed E-state index contributed by atoms with van der Waals surface area (Å²) in [6.07, 6.45) is 1.06. The molecule has 0 bridgehead atoms. The van der Waals surface area contributed by atoms with E-state index < -0.39 is 0 Å². The smallest absolute Gasteiger partial charge is 0.255 e. The highest BCUT2D eigenvalue weighted by Gasteiger charge is 2.27. The molecule has 1 amide bonds. The van der Waals surface area contributed by atoms with Gasteiger partial charge in [-0.15, -0.1) is 12.6 Å². The van der Waals surface area contributed by atoms with E-state index in [1.165, 1.54) is 0 Å². The zero-order valence-electron chi connectivity index (χ0n) is 11.3. The van der Waals surface area contributed by atoms with Crippen LogP contribution in [0.3, 0.4) is 0 Å². The number of amides is 1. The molecule has 1 unspecified atom stereocenters. The Hall–Kier alpha value is -0.520. The van der Waals surface area contributed by atoms with Gasteiger partial charge in [0.05, 0.1) is 5.56 Å². The maximum atomic E-state index is 12.6. The molecule has 0 radical (unpaired) electrons. The van der Waals surface area contributed by atoms with Crippen molar-refractivity contribution >= 4 is 34.5 Å². The highest BCUT2D eigenvalue weighted by molar-refractivity contribution is 9.10. The van der Waals surface area contributed by atoms with Gasteiger partial charge in [-0.05, 0) is 47.6 Å². The van der Waals surface area contributed by atoms with Crippen molar-refractivity contribution in [3.8, 4) is 0 Å². The SMILES string of the molecule is CCC1CN(C(=O)c2cc(S)ccc2Br)CCN1C. The van der Waals surface area contributed by atoms with Crippen LogP contribution in [-0.2, 0) is 0 Å². The van der Waals surface area contributed by atoms with Crippen molar-refractivity contribution in [1.82, 2.24) is 9.80 Å². The maximum Gasteiger partial charge on any atom is 0.255 e. The molecule has 104 valence electrons. The molecular weight excluding hydrogens is 324 g/mol. The van der Waals surface area contributed by atoms with Gasteiger partial charge in [0.25, 0.3) is 5.91 Å². The Morgan fingerprint density at radius 1 is 1.47 bits per heavy atom. The molecule has 0 aliphatic carbocycles. The van der Waals surface area contributed by atoms with Gasteiger partial charge in [-0.1, -0.05) is 6.92 Å². The highest BCUT2D eigenvalue weighted by Crippen LogP contribution is 2.23. The Labute approximate surface area is 128 Å². The predicted molar refractivity (Wildman–Crippen MR) is 84.0 cm³/mol. The van der Waals surface area contributed by atoms with Gasteiger partial charge in [-0.25, -0.2) is 0 Å². The molecule has 19 heavy (non-hydrogen) atoms. The number of piperazine rings is 1. The van der Waals surface area contributed by atoms with Gasteiger partial charge in [-0.2, -0.15) is 0 Å². The van der Waals surface area contributed by atoms with Gasteiger partial charge in [0.2, 0.25) is 0 Å². The number of hydrogen-bond acceptors (Lipinski definition) is 3. The molecule has 1 aromatic rings. The molecule has 1 aliphatic heterocycles. The van der Waals surface area contributed by atoms with Crippen LogP contribution in [0.1, 0.15) is 23.7 Å². The van der Waals surface area contributed by atoms with Crippen molar-refractivity contribution in [2.45, 2.75) is 24.3 Å². The number of likely N-dealkylation sites (N-methyl/N-ethyl adjacent to an activating group) is 1. The number of rotatable bonds is 2. The molecule has 1 aliphatic rings. The minimum Gasteiger partial charge on any atom is -0.336 e. The number of benzene rings is 1. The fraction of sp³-hybridized carbons (Fsp3) is 0.500. The minimum atomic E-state index is 0.0920. The summed E-state index contributed by atoms with van der Waals surface area (Å²) in [7, 11) is 2.13. The molecule has 0 saturated carbocycles. The second-order valence-electron chi connectivity index (χ2n) is 4.96. The Balaban J connectivity index is 2.18. The maximum absolute atomic E-state index is 12.6. The van der Waals surface area contributed by atoms with Gasteiger partial charge in [-0.3, -0.25) is 9.69 Å². The molecule has 0 aromatic heterocycles. The van der Waals surface area contributed by atoms with Crippen LogP contribution >= 0.6 is 28.6 Å². The fourth-order valence-corrected chi connectivity index (χ4v) is 3.04. The lowest BCUT2D eigenvalue weighted by Gasteiger charge is -2.39. The number of halogens is 1. The molecule has 1 fully saturated rings. The summed E-state index contributed by atoms with van der Waals surface area (Å²) in [6.45, 7) is 4.69. The van der Waals surface area contributed by atoms with E-state index in [2.05, 4.69) is 47.4 Å². The molecule has 1 aromatic carbocycles. The van der Waals surface area contributed by atoms with E-state index in [-0.39, 0.29) is 5.91 Å². The van der Waals surface area contributed by atoms with Gasteiger partial charge in [0.1, 0.15) is 0 Å². The topological polar surface area (TPSA) is 23.6 Å². The molecule has 1 atom stereocenters. The van der Waals surface area contributed by atoms with Crippen LogP contribution < -0.4 is 0 Å². The lowest BCUT2D eigenvalue weighted by Crippen LogP contribution is -2.53. The summed E-state index contributed by atoms with van der Waals surface area (Å²) < 4.78 is 0.835. The summed E-state index contributed by atoms with van der Waals surface area (Å²) in [5, 5.41) is 0. The molecule has 0 spiro atoms. The predicted octanol–water partition coefficient (Wildman–Crippen LogP) is 2.90.